The van der Waals surface area contributed by atoms with E-state index in [4.69, 9.17) is 0 Å². The van der Waals surface area contributed by atoms with Gasteiger partial charge in [-0.15, -0.1) is 0 Å². The van der Waals surface area contributed by atoms with Crippen LogP contribution in [0, 0.1) is 18.7 Å². The highest BCUT2D eigenvalue weighted by atomic mass is 32.2. The van der Waals surface area contributed by atoms with Crippen LogP contribution in [0.4, 0.5) is 4.39 Å². The Bertz CT molecular complexity index is 1580. The number of rotatable bonds is 5. The molecule has 0 unspecified atom stereocenters. The number of fused-ring (bicyclic) bond motifs is 2. The zero-order valence-corrected chi connectivity index (χ0v) is 20.8. The standard InChI is InChI=1S/C28H27FN4O2S/c1-19-14-26-21(16-30-33(26)23-10-8-22(29)9-11-23)15-24(19)28-18-32(36(34,35)31-12-5-13-31)17-25(28)27(28)20-6-3-2-4-7-20/h2-4,6-11,14-16,25,27H,5,12-13,17-18H2,1H3/t25-,27-,28+/m1/s1. The van der Waals surface area contributed by atoms with Crippen molar-refractivity contribution in [3.05, 3.63) is 95.4 Å². The number of nitrogens with zero attached hydrogens (tertiary/aromatic N) is 4. The molecule has 0 radical (unpaired) electrons. The Labute approximate surface area is 210 Å². The fraction of sp³-hybridized carbons (Fsp3) is 0.321. The molecule has 3 aliphatic rings. The van der Waals surface area contributed by atoms with Gasteiger partial charge in [0, 0.05) is 42.9 Å². The Balaban J connectivity index is 1.32. The van der Waals surface area contributed by atoms with E-state index in [1.807, 2.05) is 16.9 Å². The highest BCUT2D eigenvalue weighted by molar-refractivity contribution is 7.86. The second kappa shape index (κ2) is 7.71. The minimum absolute atomic E-state index is 0.235. The third-order valence-electron chi connectivity index (χ3n) is 8.46. The Morgan fingerprint density at radius 2 is 1.75 bits per heavy atom. The molecule has 3 heterocycles. The molecule has 1 aromatic heterocycles. The molecule has 8 heteroatoms. The number of hydrogen-bond acceptors (Lipinski definition) is 3. The van der Waals surface area contributed by atoms with Gasteiger partial charge >= 0.3 is 0 Å². The van der Waals surface area contributed by atoms with Crippen LogP contribution in [0.2, 0.25) is 0 Å². The lowest BCUT2D eigenvalue weighted by molar-refractivity contribution is 0.275. The normalized spacial score (nSPS) is 26.2. The SMILES string of the molecule is Cc1cc2c(cnn2-c2ccc(F)cc2)cc1[C@@]12CN(S(=O)(=O)N3CCC3)C[C@@H]1[C@H]2c1ccccc1. The molecule has 7 rings (SSSR count). The van der Waals surface area contributed by atoms with Gasteiger partial charge in [-0.2, -0.15) is 22.1 Å². The summed E-state index contributed by atoms with van der Waals surface area (Å²) in [5.41, 5.74) is 5.10. The number of hydrogen-bond donors (Lipinski definition) is 0. The maximum atomic E-state index is 13.5. The van der Waals surface area contributed by atoms with E-state index in [1.54, 1.807) is 20.7 Å². The second-order valence-corrected chi connectivity index (χ2v) is 12.3. The molecular weight excluding hydrogens is 475 g/mol. The van der Waals surface area contributed by atoms with Gasteiger partial charge in [0.15, 0.2) is 0 Å². The number of benzene rings is 3. The van der Waals surface area contributed by atoms with Crippen LogP contribution in [0.3, 0.4) is 0 Å². The highest BCUT2D eigenvalue weighted by Crippen LogP contribution is 2.70. The van der Waals surface area contributed by atoms with E-state index in [2.05, 4.69) is 48.4 Å². The van der Waals surface area contributed by atoms with Gasteiger partial charge in [-0.3, -0.25) is 0 Å². The second-order valence-electron chi connectivity index (χ2n) is 10.3. The van der Waals surface area contributed by atoms with Crippen molar-refractivity contribution >= 4 is 21.1 Å². The average Bonchev–Trinajstić information content (AvgIpc) is 3.10. The summed E-state index contributed by atoms with van der Waals surface area (Å²) in [6, 6.07) is 21.1. The number of piperidine rings is 1. The van der Waals surface area contributed by atoms with Crippen LogP contribution < -0.4 is 0 Å². The summed E-state index contributed by atoms with van der Waals surface area (Å²) in [5, 5.41) is 5.59. The zero-order chi connectivity index (χ0) is 24.7. The summed E-state index contributed by atoms with van der Waals surface area (Å²) in [6.07, 6.45) is 2.78. The van der Waals surface area contributed by atoms with Crippen LogP contribution in [0.15, 0.2) is 72.9 Å². The number of aromatic nitrogens is 2. The molecule has 6 nitrogen and oxygen atoms in total. The first-order valence-corrected chi connectivity index (χ1v) is 13.8. The van der Waals surface area contributed by atoms with E-state index in [0.29, 0.717) is 26.2 Å². The number of halogens is 1. The summed E-state index contributed by atoms with van der Waals surface area (Å²) in [5.74, 6) is 0.238. The first-order valence-electron chi connectivity index (χ1n) is 12.4. The van der Waals surface area contributed by atoms with Crippen LogP contribution in [0.5, 0.6) is 0 Å². The summed E-state index contributed by atoms with van der Waals surface area (Å²) in [6.45, 7) is 4.38. The van der Waals surface area contributed by atoms with Crippen molar-refractivity contribution in [3.8, 4) is 5.69 Å². The molecule has 184 valence electrons. The van der Waals surface area contributed by atoms with Crippen molar-refractivity contribution in [2.45, 2.75) is 24.7 Å². The Morgan fingerprint density at radius 1 is 1.00 bits per heavy atom. The third kappa shape index (κ3) is 3.07. The van der Waals surface area contributed by atoms with Crippen LogP contribution in [0.25, 0.3) is 16.6 Å². The first kappa shape index (κ1) is 22.2. The topological polar surface area (TPSA) is 58.4 Å². The van der Waals surface area contributed by atoms with E-state index < -0.39 is 10.2 Å². The maximum absolute atomic E-state index is 13.5. The van der Waals surface area contributed by atoms with Gasteiger partial charge in [0.05, 0.1) is 17.4 Å². The summed E-state index contributed by atoms with van der Waals surface area (Å²) in [7, 11) is -3.43. The Kier molecular flexibility index (Phi) is 4.75. The molecule has 36 heavy (non-hydrogen) atoms. The minimum Gasteiger partial charge on any atom is -0.233 e. The molecule has 2 aliphatic heterocycles. The van der Waals surface area contributed by atoms with Crippen molar-refractivity contribution < 1.29 is 12.8 Å². The average molecular weight is 503 g/mol. The number of aryl methyl sites for hydroxylation is 1. The molecule has 0 amide bonds. The van der Waals surface area contributed by atoms with Crippen molar-refractivity contribution in [1.29, 1.82) is 0 Å². The lowest BCUT2D eigenvalue weighted by Gasteiger charge is -2.35. The van der Waals surface area contributed by atoms with Crippen molar-refractivity contribution in [2.75, 3.05) is 26.2 Å². The van der Waals surface area contributed by atoms with Crippen LogP contribution in [-0.4, -0.2) is 53.0 Å². The quantitative estimate of drug-likeness (QED) is 0.407. The van der Waals surface area contributed by atoms with Crippen molar-refractivity contribution in [1.82, 2.24) is 18.4 Å². The molecule has 3 aromatic carbocycles. The molecule has 0 spiro atoms. The van der Waals surface area contributed by atoms with E-state index in [-0.39, 0.29) is 23.1 Å². The Hall–Kier alpha value is -3.07. The van der Waals surface area contributed by atoms with Gasteiger partial charge in [0.2, 0.25) is 0 Å². The molecular formula is C28H27FN4O2S. The van der Waals surface area contributed by atoms with E-state index in [0.717, 1.165) is 28.6 Å². The van der Waals surface area contributed by atoms with Crippen molar-refractivity contribution in [3.63, 3.8) is 0 Å². The van der Waals surface area contributed by atoms with Gasteiger partial charge in [-0.05, 0) is 72.4 Å². The van der Waals surface area contributed by atoms with E-state index in [9.17, 15) is 12.8 Å². The molecule has 1 saturated carbocycles. The molecule has 3 fully saturated rings. The van der Waals surface area contributed by atoms with E-state index >= 15 is 0 Å². The summed E-state index contributed by atoms with van der Waals surface area (Å²) in [4.78, 5) is 0. The first-order chi connectivity index (χ1) is 17.4. The highest BCUT2D eigenvalue weighted by Gasteiger charge is 2.71. The smallest absolute Gasteiger partial charge is 0.233 e. The van der Waals surface area contributed by atoms with Gasteiger partial charge in [-0.1, -0.05) is 30.3 Å². The molecule has 0 N–H and O–H groups in total. The fourth-order valence-electron chi connectivity index (χ4n) is 6.55. The molecule has 0 bridgehead atoms. The molecule has 1 aliphatic carbocycles. The lowest BCUT2D eigenvalue weighted by atomic mass is 9.87. The predicted molar refractivity (Wildman–Crippen MR) is 137 cm³/mol. The van der Waals surface area contributed by atoms with E-state index in [1.165, 1.54) is 23.3 Å². The summed E-state index contributed by atoms with van der Waals surface area (Å²) < 4.78 is 45.2. The molecule has 3 atom stereocenters. The van der Waals surface area contributed by atoms with Gasteiger partial charge in [-0.25, -0.2) is 9.07 Å². The maximum Gasteiger partial charge on any atom is 0.282 e. The largest absolute Gasteiger partial charge is 0.282 e. The van der Waals surface area contributed by atoms with Crippen LogP contribution >= 0.6 is 0 Å². The Morgan fingerprint density at radius 3 is 2.44 bits per heavy atom. The van der Waals surface area contributed by atoms with Crippen LogP contribution in [-0.2, 0) is 15.6 Å². The van der Waals surface area contributed by atoms with Crippen molar-refractivity contribution in [2.24, 2.45) is 5.92 Å². The van der Waals surface area contributed by atoms with Gasteiger partial charge in [0.25, 0.3) is 10.2 Å². The molecule has 4 aromatic rings. The summed E-state index contributed by atoms with van der Waals surface area (Å²) >= 11 is 0. The molecule has 2 saturated heterocycles. The zero-order valence-electron chi connectivity index (χ0n) is 20.0. The van der Waals surface area contributed by atoms with Gasteiger partial charge in [0.1, 0.15) is 5.82 Å². The fourth-order valence-corrected chi connectivity index (χ4v) is 8.32. The predicted octanol–water partition coefficient (Wildman–Crippen LogP) is 4.39. The van der Waals surface area contributed by atoms with Gasteiger partial charge < -0.3 is 0 Å². The monoisotopic (exact) mass is 502 g/mol. The van der Waals surface area contributed by atoms with Crippen LogP contribution in [0.1, 0.15) is 29.0 Å². The third-order valence-corrected chi connectivity index (χ3v) is 10.4. The lowest BCUT2D eigenvalue weighted by Crippen LogP contribution is -2.50. The minimum atomic E-state index is -3.43.